The number of ether oxygens (including phenoxy) is 1. The highest BCUT2D eigenvalue weighted by Gasteiger charge is 2.30. The summed E-state index contributed by atoms with van der Waals surface area (Å²) in [6.45, 7) is 0. The van der Waals surface area contributed by atoms with E-state index >= 15 is 0 Å². The molecule has 3 aromatic rings. The van der Waals surface area contributed by atoms with Gasteiger partial charge in [-0.2, -0.15) is 0 Å². The molecule has 0 spiro atoms. The van der Waals surface area contributed by atoms with Gasteiger partial charge < -0.3 is 15.2 Å². The molecule has 1 aromatic heterocycles. The van der Waals surface area contributed by atoms with E-state index < -0.39 is 12.3 Å². The molecule has 29 heavy (non-hydrogen) atoms. The Morgan fingerprint density at radius 3 is 2.66 bits per heavy atom. The zero-order valence-corrected chi connectivity index (χ0v) is 16.7. The molecule has 152 valence electrons. The van der Waals surface area contributed by atoms with Crippen molar-refractivity contribution < 1.29 is 27.8 Å². The zero-order chi connectivity index (χ0) is 21.0. The van der Waals surface area contributed by atoms with E-state index in [2.05, 4.69) is 41.2 Å². The molecule has 0 atom stereocenters. The molecule has 0 unspecified atom stereocenters. The summed E-state index contributed by atoms with van der Waals surface area (Å²) in [5.41, 5.74) is 0.768. The summed E-state index contributed by atoms with van der Waals surface area (Å²) in [6.07, 6.45) is -4.77. The van der Waals surface area contributed by atoms with Crippen LogP contribution in [0.25, 0.3) is 11.4 Å². The van der Waals surface area contributed by atoms with Gasteiger partial charge in [0.1, 0.15) is 11.5 Å². The number of amides is 1. The smallest absolute Gasteiger partial charge is 0.507 e. The van der Waals surface area contributed by atoms with Crippen molar-refractivity contribution >= 4 is 39.3 Å². The van der Waals surface area contributed by atoms with Gasteiger partial charge in [-0.3, -0.25) is 9.89 Å². The van der Waals surface area contributed by atoms with E-state index in [0.29, 0.717) is 22.2 Å². The van der Waals surface area contributed by atoms with Crippen molar-refractivity contribution in [3.63, 3.8) is 0 Å². The lowest BCUT2D eigenvalue weighted by molar-refractivity contribution is -0.274. The number of nitrogens with zero attached hydrogens (tertiary/aromatic N) is 2. The number of aromatic hydroxyl groups is 1. The number of aromatic nitrogens is 3. The number of nitrogens with one attached hydrogen (secondary N) is 2. The first kappa shape index (κ1) is 21.0. The average Bonchev–Trinajstić information content (AvgIpc) is 3.11. The zero-order valence-electron chi connectivity index (χ0n) is 14.3. The number of halogens is 4. The second kappa shape index (κ2) is 8.74. The summed E-state index contributed by atoms with van der Waals surface area (Å²) >= 11 is 4.36. The molecule has 0 saturated carbocycles. The number of rotatable bonds is 6. The Bertz CT molecular complexity index is 1010. The molecule has 0 saturated heterocycles. The van der Waals surface area contributed by atoms with Gasteiger partial charge in [0.2, 0.25) is 11.1 Å². The Morgan fingerprint density at radius 2 is 1.97 bits per heavy atom. The molecule has 12 heteroatoms. The number of benzene rings is 2. The number of H-pyrrole nitrogens is 1. The van der Waals surface area contributed by atoms with Crippen molar-refractivity contribution in [2.24, 2.45) is 0 Å². The monoisotopic (exact) mass is 488 g/mol. The topological polar surface area (TPSA) is 100 Å². The van der Waals surface area contributed by atoms with Crippen LogP contribution in [0.5, 0.6) is 11.5 Å². The SMILES string of the molecule is O=C(CSc1n[nH]c(-c2cc(Br)ccc2O)n1)Nc1ccc(OC(F)(F)F)cc1. The van der Waals surface area contributed by atoms with Crippen LogP contribution in [0.3, 0.4) is 0 Å². The molecule has 0 radical (unpaired) electrons. The minimum Gasteiger partial charge on any atom is -0.507 e. The Balaban J connectivity index is 1.55. The fourth-order valence-corrected chi connectivity index (χ4v) is 3.16. The molecule has 0 bridgehead atoms. The number of phenolic OH excluding ortho intramolecular Hbond substituents is 1. The minimum absolute atomic E-state index is 0.0246. The second-order valence-electron chi connectivity index (χ2n) is 5.54. The predicted octanol–water partition coefficient (Wildman–Crippen LogP) is 4.57. The van der Waals surface area contributed by atoms with Gasteiger partial charge in [0.25, 0.3) is 0 Å². The van der Waals surface area contributed by atoms with Crippen LogP contribution in [-0.2, 0) is 4.79 Å². The number of hydrogen-bond acceptors (Lipinski definition) is 6. The lowest BCUT2D eigenvalue weighted by Crippen LogP contribution is -2.17. The third-order valence-corrected chi connectivity index (χ3v) is 4.72. The number of carbonyl (C=O) groups excluding carboxylic acids is 1. The van der Waals surface area contributed by atoms with Crippen molar-refractivity contribution in [3.8, 4) is 22.9 Å². The summed E-state index contributed by atoms with van der Waals surface area (Å²) in [4.78, 5) is 16.2. The Morgan fingerprint density at radius 1 is 1.24 bits per heavy atom. The van der Waals surface area contributed by atoms with Crippen molar-refractivity contribution in [3.05, 3.63) is 46.9 Å². The van der Waals surface area contributed by atoms with Crippen LogP contribution in [-0.4, -0.2) is 38.3 Å². The quantitative estimate of drug-likeness (QED) is 0.439. The highest BCUT2D eigenvalue weighted by atomic mass is 79.9. The molecule has 0 aliphatic rings. The summed E-state index contributed by atoms with van der Waals surface area (Å²) in [5.74, 6) is -0.434. The van der Waals surface area contributed by atoms with Crippen LogP contribution >= 0.6 is 27.7 Å². The number of thioether (sulfide) groups is 1. The Hall–Kier alpha value is -2.73. The summed E-state index contributed by atoms with van der Waals surface area (Å²) in [5, 5.41) is 19.4. The van der Waals surface area contributed by atoms with Crippen LogP contribution in [0.2, 0.25) is 0 Å². The van der Waals surface area contributed by atoms with E-state index in [-0.39, 0.29) is 17.3 Å². The average molecular weight is 489 g/mol. The molecule has 0 aliphatic heterocycles. The van der Waals surface area contributed by atoms with Gasteiger partial charge in [-0.1, -0.05) is 27.7 Å². The van der Waals surface area contributed by atoms with E-state index in [1.54, 1.807) is 12.1 Å². The molecule has 2 aromatic carbocycles. The van der Waals surface area contributed by atoms with Gasteiger partial charge in [-0.25, -0.2) is 4.98 Å². The summed E-state index contributed by atoms with van der Waals surface area (Å²) in [7, 11) is 0. The van der Waals surface area contributed by atoms with Gasteiger partial charge in [0, 0.05) is 10.2 Å². The van der Waals surface area contributed by atoms with Crippen LogP contribution in [0.1, 0.15) is 0 Å². The number of alkyl halides is 3. The fraction of sp³-hybridized carbons (Fsp3) is 0.118. The fourth-order valence-electron chi connectivity index (χ4n) is 2.20. The number of anilines is 1. The van der Waals surface area contributed by atoms with E-state index in [9.17, 15) is 23.1 Å². The third kappa shape index (κ3) is 6.12. The van der Waals surface area contributed by atoms with Gasteiger partial charge in [0.15, 0.2) is 5.82 Å². The Kier molecular flexibility index (Phi) is 6.33. The van der Waals surface area contributed by atoms with Gasteiger partial charge in [-0.15, -0.1) is 18.3 Å². The largest absolute Gasteiger partial charge is 0.573 e. The standard InChI is InChI=1S/C17H12BrF3N4O3S/c18-9-1-6-13(26)12(7-9)15-23-16(25-24-15)29-8-14(27)22-10-2-4-11(5-3-10)28-17(19,20)21/h1-7,26H,8H2,(H,22,27)(H,23,24,25). The molecule has 1 amide bonds. The molecule has 0 fully saturated rings. The molecule has 0 aliphatic carbocycles. The van der Waals surface area contributed by atoms with E-state index in [0.717, 1.165) is 28.4 Å². The lowest BCUT2D eigenvalue weighted by Gasteiger charge is -2.09. The molecule has 3 N–H and O–H groups in total. The maximum atomic E-state index is 12.1. The maximum absolute atomic E-state index is 12.1. The van der Waals surface area contributed by atoms with Gasteiger partial charge in [-0.05, 0) is 42.5 Å². The number of phenols is 1. The van der Waals surface area contributed by atoms with Crippen LogP contribution in [0.4, 0.5) is 18.9 Å². The highest BCUT2D eigenvalue weighted by Crippen LogP contribution is 2.30. The maximum Gasteiger partial charge on any atom is 0.573 e. The first-order valence-electron chi connectivity index (χ1n) is 7.89. The lowest BCUT2D eigenvalue weighted by atomic mass is 10.2. The summed E-state index contributed by atoms with van der Waals surface area (Å²) < 4.78 is 40.9. The van der Waals surface area contributed by atoms with Crippen molar-refractivity contribution in [1.82, 2.24) is 15.2 Å². The van der Waals surface area contributed by atoms with E-state index in [1.165, 1.54) is 18.2 Å². The van der Waals surface area contributed by atoms with Crippen LogP contribution < -0.4 is 10.1 Å². The second-order valence-corrected chi connectivity index (χ2v) is 7.40. The van der Waals surface area contributed by atoms with E-state index in [1.807, 2.05) is 0 Å². The number of hydrogen-bond donors (Lipinski definition) is 3. The van der Waals surface area contributed by atoms with Crippen molar-refractivity contribution in [1.29, 1.82) is 0 Å². The normalized spacial score (nSPS) is 11.3. The van der Waals surface area contributed by atoms with Crippen molar-refractivity contribution in [2.45, 2.75) is 11.5 Å². The Labute approximate surface area is 174 Å². The minimum atomic E-state index is -4.77. The van der Waals surface area contributed by atoms with Crippen molar-refractivity contribution in [2.75, 3.05) is 11.1 Å². The first-order valence-corrected chi connectivity index (χ1v) is 9.67. The van der Waals surface area contributed by atoms with E-state index in [4.69, 9.17) is 0 Å². The molecule has 3 rings (SSSR count). The highest BCUT2D eigenvalue weighted by molar-refractivity contribution is 9.10. The number of carbonyl (C=O) groups is 1. The molecule has 1 heterocycles. The molecular formula is C17H12BrF3N4O3S. The molecule has 7 nitrogen and oxygen atoms in total. The van der Waals surface area contributed by atoms with Crippen LogP contribution in [0, 0.1) is 0 Å². The summed E-state index contributed by atoms with van der Waals surface area (Å²) in [6, 6.07) is 9.65. The predicted molar refractivity (Wildman–Crippen MR) is 104 cm³/mol. The first-order chi connectivity index (χ1) is 13.7. The van der Waals surface area contributed by atoms with Crippen LogP contribution in [0.15, 0.2) is 52.1 Å². The van der Waals surface area contributed by atoms with Gasteiger partial charge >= 0.3 is 6.36 Å². The third-order valence-electron chi connectivity index (χ3n) is 3.38. The molecular weight excluding hydrogens is 477 g/mol. The number of aromatic amines is 1. The van der Waals surface area contributed by atoms with Gasteiger partial charge in [0.05, 0.1) is 11.3 Å².